The normalized spacial score (nSPS) is 12.8. The van der Waals surface area contributed by atoms with E-state index in [1.807, 2.05) is 12.1 Å². The van der Waals surface area contributed by atoms with E-state index in [2.05, 4.69) is 45.1 Å². The lowest BCUT2D eigenvalue weighted by Gasteiger charge is -2.15. The highest BCUT2D eigenvalue weighted by Gasteiger charge is 2.04. The van der Waals surface area contributed by atoms with Gasteiger partial charge in [-0.05, 0) is 50.9 Å². The molecule has 0 heterocycles. The molecule has 1 aromatic rings. The number of benzene rings is 1. The molecule has 96 valence electrons. The van der Waals surface area contributed by atoms with Gasteiger partial charge in [0.2, 0.25) is 0 Å². The Morgan fingerprint density at radius 2 is 2.00 bits per heavy atom. The van der Waals surface area contributed by atoms with Gasteiger partial charge in [-0.15, -0.1) is 0 Å². The summed E-state index contributed by atoms with van der Waals surface area (Å²) in [6, 6.07) is 8.81. The van der Waals surface area contributed by atoms with Crippen LogP contribution in [0.1, 0.15) is 39.2 Å². The van der Waals surface area contributed by atoms with Crippen LogP contribution in [0.2, 0.25) is 0 Å². The van der Waals surface area contributed by atoms with Crippen molar-refractivity contribution in [2.45, 2.75) is 52.7 Å². The number of ether oxygens (including phenoxy) is 1. The summed E-state index contributed by atoms with van der Waals surface area (Å²) in [4.78, 5) is 0. The smallest absolute Gasteiger partial charge is 0.119 e. The Bertz CT molecular complexity index is 322. The molecule has 2 nitrogen and oxygen atoms in total. The van der Waals surface area contributed by atoms with Gasteiger partial charge in [-0.3, -0.25) is 0 Å². The molecule has 0 fully saturated rings. The molecule has 1 aromatic carbocycles. The van der Waals surface area contributed by atoms with E-state index in [0.717, 1.165) is 25.1 Å². The molecule has 1 N–H and O–H groups in total. The lowest BCUT2D eigenvalue weighted by molar-refractivity contribution is 0.207. The van der Waals surface area contributed by atoms with Crippen molar-refractivity contribution in [3.8, 4) is 5.75 Å². The zero-order chi connectivity index (χ0) is 12.7. The fourth-order valence-electron chi connectivity index (χ4n) is 1.76. The fraction of sp³-hybridized carbons (Fsp3) is 0.600. The van der Waals surface area contributed by atoms with Gasteiger partial charge in [-0.25, -0.2) is 0 Å². The number of rotatable bonds is 7. The van der Waals surface area contributed by atoms with Crippen molar-refractivity contribution in [2.75, 3.05) is 6.54 Å². The van der Waals surface area contributed by atoms with Crippen molar-refractivity contribution < 1.29 is 4.74 Å². The summed E-state index contributed by atoms with van der Waals surface area (Å²) < 4.78 is 5.87. The first-order valence-corrected chi connectivity index (χ1v) is 6.54. The van der Waals surface area contributed by atoms with Crippen molar-refractivity contribution in [1.29, 1.82) is 0 Å². The van der Waals surface area contributed by atoms with E-state index in [1.165, 1.54) is 5.56 Å². The Hall–Kier alpha value is -1.02. The largest absolute Gasteiger partial charge is 0.491 e. The zero-order valence-electron chi connectivity index (χ0n) is 11.5. The molecule has 0 bridgehead atoms. The Balaban J connectivity index is 2.23. The molecule has 0 aliphatic heterocycles. The molecule has 0 spiro atoms. The van der Waals surface area contributed by atoms with Crippen molar-refractivity contribution in [3.63, 3.8) is 0 Å². The molecule has 1 atom stereocenters. The first kappa shape index (κ1) is 14.0. The van der Waals surface area contributed by atoms with E-state index >= 15 is 0 Å². The van der Waals surface area contributed by atoms with E-state index in [9.17, 15) is 0 Å². The number of aryl methyl sites for hydroxylation is 1. The van der Waals surface area contributed by atoms with Gasteiger partial charge in [0, 0.05) is 6.04 Å². The maximum atomic E-state index is 5.87. The van der Waals surface area contributed by atoms with Crippen LogP contribution in [0.3, 0.4) is 0 Å². The highest BCUT2D eigenvalue weighted by atomic mass is 16.5. The molecule has 0 aliphatic carbocycles. The molecule has 0 saturated carbocycles. The van der Waals surface area contributed by atoms with Crippen molar-refractivity contribution >= 4 is 0 Å². The molecule has 0 radical (unpaired) electrons. The second-order valence-electron chi connectivity index (χ2n) is 5.00. The van der Waals surface area contributed by atoms with Crippen molar-refractivity contribution in [2.24, 2.45) is 0 Å². The predicted molar refractivity (Wildman–Crippen MR) is 73.6 cm³/mol. The lowest BCUT2D eigenvalue weighted by atomic mass is 10.2. The number of hydrogen-bond acceptors (Lipinski definition) is 2. The van der Waals surface area contributed by atoms with E-state index in [4.69, 9.17) is 4.74 Å². The van der Waals surface area contributed by atoms with Crippen LogP contribution in [-0.4, -0.2) is 18.7 Å². The second kappa shape index (κ2) is 7.33. The standard InChI is InChI=1S/C15H25NO/c1-12(2)16-10-6-8-14(4)17-15-9-5-7-13(3)11-15/h5,7,9,11-12,14,16H,6,8,10H2,1-4H3. The minimum atomic E-state index is 0.283. The number of hydrogen-bond donors (Lipinski definition) is 1. The summed E-state index contributed by atoms with van der Waals surface area (Å²) in [5.41, 5.74) is 1.25. The third-order valence-electron chi connectivity index (χ3n) is 2.67. The Morgan fingerprint density at radius 3 is 2.65 bits per heavy atom. The van der Waals surface area contributed by atoms with E-state index < -0.39 is 0 Å². The molecule has 2 heteroatoms. The molecule has 1 unspecified atom stereocenters. The average molecular weight is 235 g/mol. The summed E-state index contributed by atoms with van der Waals surface area (Å²) >= 11 is 0. The van der Waals surface area contributed by atoms with Gasteiger partial charge in [-0.1, -0.05) is 26.0 Å². The summed E-state index contributed by atoms with van der Waals surface area (Å²) in [6.45, 7) is 9.64. The van der Waals surface area contributed by atoms with Crippen LogP contribution in [0.4, 0.5) is 0 Å². The monoisotopic (exact) mass is 235 g/mol. The third kappa shape index (κ3) is 6.32. The highest BCUT2D eigenvalue weighted by molar-refractivity contribution is 5.27. The maximum absolute atomic E-state index is 5.87. The van der Waals surface area contributed by atoms with Crippen molar-refractivity contribution in [3.05, 3.63) is 29.8 Å². The first-order chi connectivity index (χ1) is 8.08. The Labute approximate surface area is 105 Å². The average Bonchev–Trinajstić information content (AvgIpc) is 2.24. The summed E-state index contributed by atoms with van der Waals surface area (Å²) in [6.07, 6.45) is 2.53. The van der Waals surface area contributed by atoms with Gasteiger partial charge < -0.3 is 10.1 Å². The van der Waals surface area contributed by atoms with E-state index in [1.54, 1.807) is 0 Å². The predicted octanol–water partition coefficient (Wildman–Crippen LogP) is 3.54. The molecule has 17 heavy (non-hydrogen) atoms. The first-order valence-electron chi connectivity index (χ1n) is 6.54. The van der Waals surface area contributed by atoms with Gasteiger partial charge in [0.15, 0.2) is 0 Å². The molecule has 1 rings (SSSR count). The van der Waals surface area contributed by atoms with Gasteiger partial charge in [-0.2, -0.15) is 0 Å². The van der Waals surface area contributed by atoms with Gasteiger partial charge >= 0.3 is 0 Å². The fourth-order valence-corrected chi connectivity index (χ4v) is 1.76. The van der Waals surface area contributed by atoms with Crippen molar-refractivity contribution in [1.82, 2.24) is 5.32 Å². The van der Waals surface area contributed by atoms with Crippen LogP contribution < -0.4 is 10.1 Å². The van der Waals surface area contributed by atoms with E-state index in [0.29, 0.717) is 6.04 Å². The minimum Gasteiger partial charge on any atom is -0.491 e. The Kier molecular flexibility index (Phi) is 6.06. The molecule has 0 saturated heterocycles. The van der Waals surface area contributed by atoms with Crippen LogP contribution in [0, 0.1) is 6.92 Å². The van der Waals surface area contributed by atoms with E-state index in [-0.39, 0.29) is 6.10 Å². The second-order valence-corrected chi connectivity index (χ2v) is 5.00. The quantitative estimate of drug-likeness (QED) is 0.730. The third-order valence-corrected chi connectivity index (χ3v) is 2.67. The van der Waals surface area contributed by atoms with Crippen LogP contribution >= 0.6 is 0 Å². The SMILES string of the molecule is Cc1cccc(OC(C)CCCNC(C)C)c1. The summed E-state index contributed by atoms with van der Waals surface area (Å²) in [5.74, 6) is 0.981. The maximum Gasteiger partial charge on any atom is 0.119 e. The van der Waals surface area contributed by atoms with Crippen LogP contribution in [0.25, 0.3) is 0 Å². The topological polar surface area (TPSA) is 21.3 Å². The molecular weight excluding hydrogens is 210 g/mol. The van der Waals surface area contributed by atoms with Crippen LogP contribution in [0.5, 0.6) is 5.75 Å². The van der Waals surface area contributed by atoms with Gasteiger partial charge in [0.1, 0.15) is 5.75 Å². The summed E-state index contributed by atoms with van der Waals surface area (Å²) in [5, 5.41) is 3.42. The van der Waals surface area contributed by atoms with Gasteiger partial charge in [0.05, 0.1) is 6.10 Å². The molecular formula is C15H25NO. The highest BCUT2D eigenvalue weighted by Crippen LogP contribution is 2.15. The zero-order valence-corrected chi connectivity index (χ0v) is 11.5. The molecule has 0 aromatic heterocycles. The van der Waals surface area contributed by atoms with Crippen LogP contribution in [-0.2, 0) is 0 Å². The molecule has 0 aliphatic rings. The number of nitrogens with one attached hydrogen (secondary N) is 1. The van der Waals surface area contributed by atoms with Gasteiger partial charge in [0.25, 0.3) is 0 Å². The minimum absolute atomic E-state index is 0.283. The lowest BCUT2D eigenvalue weighted by Crippen LogP contribution is -2.25. The van der Waals surface area contributed by atoms with Crippen LogP contribution in [0.15, 0.2) is 24.3 Å². The Morgan fingerprint density at radius 1 is 1.24 bits per heavy atom. The molecule has 0 amide bonds. The summed E-state index contributed by atoms with van der Waals surface area (Å²) in [7, 11) is 0.